The smallest absolute Gasteiger partial charge is 0.108 e. The Balaban J connectivity index is 2.68. The van der Waals surface area contributed by atoms with Gasteiger partial charge in [0.2, 0.25) is 0 Å². The second-order valence-corrected chi connectivity index (χ2v) is 4.87. The van der Waals surface area contributed by atoms with Gasteiger partial charge in [-0.15, -0.1) is 0 Å². The number of nitrogens with zero attached hydrogens (tertiary/aromatic N) is 2. The Labute approximate surface area is 104 Å². The maximum atomic E-state index is 9.54. The summed E-state index contributed by atoms with van der Waals surface area (Å²) in [5, 5.41) is 12.9. The van der Waals surface area contributed by atoms with Crippen molar-refractivity contribution in [3.05, 3.63) is 18.2 Å². The zero-order valence-electron chi connectivity index (χ0n) is 11.2. The molecule has 0 aliphatic rings. The fraction of sp³-hybridized carbons (Fsp3) is 0.769. The Morgan fingerprint density at radius 1 is 1.41 bits per heavy atom. The van der Waals surface area contributed by atoms with Crippen molar-refractivity contribution in [1.29, 1.82) is 0 Å². The SMILES string of the molecule is CCCNC(C)(CO)Cn1ccnc1CCC. The van der Waals surface area contributed by atoms with Gasteiger partial charge in [0, 0.05) is 25.4 Å². The van der Waals surface area contributed by atoms with Crippen molar-refractivity contribution in [3.8, 4) is 0 Å². The summed E-state index contributed by atoms with van der Waals surface area (Å²) in [6, 6.07) is 0. The Hall–Kier alpha value is -0.870. The van der Waals surface area contributed by atoms with Crippen LogP contribution in [0.2, 0.25) is 0 Å². The van der Waals surface area contributed by atoms with Gasteiger partial charge in [-0.05, 0) is 26.3 Å². The van der Waals surface area contributed by atoms with E-state index in [1.54, 1.807) is 0 Å². The molecule has 0 aromatic carbocycles. The zero-order valence-corrected chi connectivity index (χ0v) is 11.2. The van der Waals surface area contributed by atoms with Crippen molar-refractivity contribution in [1.82, 2.24) is 14.9 Å². The highest BCUT2D eigenvalue weighted by Gasteiger charge is 2.23. The molecule has 0 spiro atoms. The molecule has 1 unspecified atom stereocenters. The summed E-state index contributed by atoms with van der Waals surface area (Å²) in [6.07, 6.45) is 6.98. The van der Waals surface area contributed by atoms with Crippen molar-refractivity contribution in [3.63, 3.8) is 0 Å². The lowest BCUT2D eigenvalue weighted by Crippen LogP contribution is -2.49. The number of aryl methyl sites for hydroxylation is 1. The minimum Gasteiger partial charge on any atom is -0.394 e. The summed E-state index contributed by atoms with van der Waals surface area (Å²) in [5.41, 5.74) is -0.265. The largest absolute Gasteiger partial charge is 0.394 e. The molecule has 0 fully saturated rings. The summed E-state index contributed by atoms with van der Waals surface area (Å²) in [5.74, 6) is 1.10. The first-order chi connectivity index (χ1) is 8.15. The highest BCUT2D eigenvalue weighted by molar-refractivity contribution is 4.96. The molecule has 98 valence electrons. The maximum Gasteiger partial charge on any atom is 0.108 e. The topological polar surface area (TPSA) is 50.1 Å². The van der Waals surface area contributed by atoms with E-state index in [1.165, 1.54) is 0 Å². The first-order valence-electron chi connectivity index (χ1n) is 6.51. The molecule has 0 aliphatic carbocycles. The Bertz CT molecular complexity index is 324. The molecular weight excluding hydrogens is 214 g/mol. The molecule has 17 heavy (non-hydrogen) atoms. The lowest BCUT2D eigenvalue weighted by molar-refractivity contribution is 0.156. The first kappa shape index (κ1) is 14.2. The third-order valence-electron chi connectivity index (χ3n) is 2.95. The monoisotopic (exact) mass is 239 g/mol. The van der Waals surface area contributed by atoms with Gasteiger partial charge in [0.25, 0.3) is 0 Å². The Morgan fingerprint density at radius 3 is 2.76 bits per heavy atom. The molecule has 4 heteroatoms. The van der Waals surface area contributed by atoms with Gasteiger partial charge in [-0.25, -0.2) is 4.98 Å². The molecule has 1 aromatic rings. The van der Waals surface area contributed by atoms with Crippen LogP contribution >= 0.6 is 0 Å². The third kappa shape index (κ3) is 4.13. The number of hydrogen-bond acceptors (Lipinski definition) is 3. The maximum absolute atomic E-state index is 9.54. The van der Waals surface area contributed by atoms with Gasteiger partial charge < -0.3 is 15.0 Å². The van der Waals surface area contributed by atoms with Crippen molar-refractivity contribution < 1.29 is 5.11 Å². The number of aliphatic hydroxyl groups is 1. The van der Waals surface area contributed by atoms with E-state index >= 15 is 0 Å². The van der Waals surface area contributed by atoms with Gasteiger partial charge in [0.1, 0.15) is 5.82 Å². The van der Waals surface area contributed by atoms with Crippen molar-refractivity contribution in [2.45, 2.75) is 52.1 Å². The van der Waals surface area contributed by atoms with E-state index in [2.05, 4.69) is 35.6 Å². The molecule has 0 radical (unpaired) electrons. The molecule has 0 bridgehead atoms. The quantitative estimate of drug-likeness (QED) is 0.724. The van der Waals surface area contributed by atoms with Crippen LogP contribution in [-0.4, -0.2) is 33.3 Å². The summed E-state index contributed by atoms with van der Waals surface area (Å²) >= 11 is 0. The number of hydrogen-bond donors (Lipinski definition) is 2. The second-order valence-electron chi connectivity index (χ2n) is 4.87. The van der Waals surface area contributed by atoms with Crippen LogP contribution in [0.4, 0.5) is 0 Å². The van der Waals surface area contributed by atoms with Crippen molar-refractivity contribution in [2.75, 3.05) is 13.2 Å². The summed E-state index contributed by atoms with van der Waals surface area (Å²) in [4.78, 5) is 4.36. The van der Waals surface area contributed by atoms with Gasteiger partial charge >= 0.3 is 0 Å². The van der Waals surface area contributed by atoms with Crippen LogP contribution in [0.3, 0.4) is 0 Å². The molecule has 0 saturated carbocycles. The molecule has 2 N–H and O–H groups in total. The first-order valence-corrected chi connectivity index (χ1v) is 6.51. The molecule has 1 heterocycles. The number of rotatable bonds is 8. The highest BCUT2D eigenvalue weighted by Crippen LogP contribution is 2.10. The number of aliphatic hydroxyl groups excluding tert-OH is 1. The fourth-order valence-electron chi connectivity index (χ4n) is 1.90. The van der Waals surface area contributed by atoms with Crippen LogP contribution in [0.25, 0.3) is 0 Å². The van der Waals surface area contributed by atoms with E-state index < -0.39 is 0 Å². The molecule has 1 aromatic heterocycles. The minimum atomic E-state index is -0.265. The molecule has 0 aliphatic heterocycles. The average molecular weight is 239 g/mol. The highest BCUT2D eigenvalue weighted by atomic mass is 16.3. The lowest BCUT2D eigenvalue weighted by atomic mass is 10.0. The predicted molar refractivity (Wildman–Crippen MR) is 70.0 cm³/mol. The van der Waals surface area contributed by atoms with E-state index in [0.29, 0.717) is 0 Å². The molecular formula is C13H25N3O. The normalized spacial score (nSPS) is 14.8. The van der Waals surface area contributed by atoms with E-state index in [0.717, 1.165) is 38.2 Å². The summed E-state index contributed by atoms with van der Waals surface area (Å²) in [6.45, 7) is 8.16. The zero-order chi connectivity index (χ0) is 12.7. The molecule has 1 rings (SSSR count). The van der Waals surface area contributed by atoms with Crippen LogP contribution in [0.15, 0.2) is 12.4 Å². The van der Waals surface area contributed by atoms with E-state index in [4.69, 9.17) is 0 Å². The van der Waals surface area contributed by atoms with Crippen LogP contribution in [0.1, 0.15) is 39.4 Å². The van der Waals surface area contributed by atoms with Crippen molar-refractivity contribution in [2.24, 2.45) is 0 Å². The van der Waals surface area contributed by atoms with Crippen LogP contribution in [0, 0.1) is 0 Å². The van der Waals surface area contributed by atoms with Gasteiger partial charge in [-0.2, -0.15) is 0 Å². The lowest BCUT2D eigenvalue weighted by Gasteiger charge is -2.29. The molecule has 4 nitrogen and oxygen atoms in total. The van der Waals surface area contributed by atoms with Gasteiger partial charge in [0.05, 0.1) is 12.1 Å². The molecule has 0 saturated heterocycles. The van der Waals surface area contributed by atoms with E-state index in [9.17, 15) is 5.11 Å². The Morgan fingerprint density at radius 2 is 2.18 bits per heavy atom. The van der Waals surface area contributed by atoms with Crippen molar-refractivity contribution >= 4 is 0 Å². The number of nitrogens with one attached hydrogen (secondary N) is 1. The van der Waals surface area contributed by atoms with E-state index in [1.807, 2.05) is 12.4 Å². The van der Waals surface area contributed by atoms with E-state index in [-0.39, 0.29) is 12.1 Å². The minimum absolute atomic E-state index is 0.136. The standard InChI is InChI=1S/C13H25N3O/c1-4-6-12-14-8-9-16(12)10-13(3,11-17)15-7-5-2/h8-9,15,17H,4-7,10-11H2,1-3H3. The summed E-state index contributed by atoms with van der Waals surface area (Å²) < 4.78 is 2.14. The van der Waals surface area contributed by atoms with Gasteiger partial charge in [-0.3, -0.25) is 0 Å². The third-order valence-corrected chi connectivity index (χ3v) is 2.95. The Kier molecular flexibility index (Phi) is 5.65. The summed E-state index contributed by atoms with van der Waals surface area (Å²) in [7, 11) is 0. The van der Waals surface area contributed by atoms with Crippen LogP contribution in [-0.2, 0) is 13.0 Å². The predicted octanol–water partition coefficient (Wildman–Crippen LogP) is 1.59. The van der Waals surface area contributed by atoms with Crippen LogP contribution in [0.5, 0.6) is 0 Å². The molecule has 0 amide bonds. The molecule has 1 atom stereocenters. The van der Waals surface area contributed by atoms with Gasteiger partial charge in [0.15, 0.2) is 0 Å². The van der Waals surface area contributed by atoms with Gasteiger partial charge in [-0.1, -0.05) is 13.8 Å². The number of aromatic nitrogens is 2. The average Bonchev–Trinajstić information content (AvgIpc) is 2.74. The second kappa shape index (κ2) is 6.77. The van der Waals surface area contributed by atoms with Crippen LogP contribution < -0.4 is 5.32 Å². The number of imidazole rings is 1. The fourth-order valence-corrected chi connectivity index (χ4v) is 1.90.